The highest BCUT2D eigenvalue weighted by Crippen LogP contribution is 2.38. The molecule has 0 saturated carbocycles. The van der Waals surface area contributed by atoms with Crippen LogP contribution >= 0.6 is 7.82 Å². The van der Waals surface area contributed by atoms with Crippen LogP contribution in [0.1, 0.15) is 129 Å². The van der Waals surface area contributed by atoms with Crippen molar-refractivity contribution in [3.63, 3.8) is 0 Å². The predicted octanol–water partition coefficient (Wildman–Crippen LogP) is 7.21. The van der Waals surface area contributed by atoms with E-state index in [-0.39, 0.29) is 12.5 Å². The van der Waals surface area contributed by atoms with Gasteiger partial charge in [0.2, 0.25) is 5.91 Å². The summed E-state index contributed by atoms with van der Waals surface area (Å²) in [5.41, 5.74) is 0. The fraction of sp³-hybridized carbons (Fsp3) is 0.848. The molecule has 3 atom stereocenters. The molecule has 248 valence electrons. The number of likely N-dealkylation sites (N-methyl/N-ethyl adjacent to an activating group) is 1. The number of quaternary nitrogens is 1. The smallest absolute Gasteiger partial charge is 0.268 e. The van der Waals surface area contributed by atoms with Gasteiger partial charge in [-0.25, -0.2) is 0 Å². The average Bonchev–Trinajstić information content (AvgIpc) is 2.92. The quantitative estimate of drug-likeness (QED) is 0.0398. The Morgan fingerprint density at radius 2 is 1.36 bits per heavy atom. The molecule has 0 aromatic heterocycles. The minimum atomic E-state index is -4.58. The minimum absolute atomic E-state index is 0.00808. The third-order valence-corrected chi connectivity index (χ3v) is 8.18. The fourth-order valence-electron chi connectivity index (χ4n) is 4.44. The van der Waals surface area contributed by atoms with Gasteiger partial charge < -0.3 is 28.8 Å². The van der Waals surface area contributed by atoms with Gasteiger partial charge in [-0.1, -0.05) is 128 Å². The summed E-state index contributed by atoms with van der Waals surface area (Å²) in [6.45, 7) is 4.52. The Balaban J connectivity index is 4.68. The van der Waals surface area contributed by atoms with Crippen molar-refractivity contribution in [2.45, 2.75) is 142 Å². The molecule has 0 rings (SSSR count). The van der Waals surface area contributed by atoms with Crippen molar-refractivity contribution < 1.29 is 32.9 Å². The van der Waals surface area contributed by atoms with Crippen LogP contribution < -0.4 is 10.2 Å². The monoisotopic (exact) mass is 616 g/mol. The second-order valence-electron chi connectivity index (χ2n) is 12.6. The van der Waals surface area contributed by atoms with Crippen LogP contribution in [0.3, 0.4) is 0 Å². The minimum Gasteiger partial charge on any atom is -0.756 e. The molecule has 0 aliphatic rings. The first-order valence-corrected chi connectivity index (χ1v) is 18.2. The molecule has 0 saturated heterocycles. The van der Waals surface area contributed by atoms with Crippen molar-refractivity contribution in [1.82, 2.24) is 5.32 Å². The van der Waals surface area contributed by atoms with Crippen molar-refractivity contribution in [3.05, 3.63) is 24.3 Å². The van der Waals surface area contributed by atoms with E-state index < -0.39 is 26.6 Å². The summed E-state index contributed by atoms with van der Waals surface area (Å²) in [5.74, 6) is -0.221. The Bertz CT molecular complexity index is 753. The number of allylic oxidation sites excluding steroid dienone is 3. The van der Waals surface area contributed by atoms with Crippen molar-refractivity contribution in [3.8, 4) is 0 Å². The van der Waals surface area contributed by atoms with Gasteiger partial charge in [0, 0.05) is 6.42 Å². The third kappa shape index (κ3) is 27.8. The van der Waals surface area contributed by atoms with Gasteiger partial charge in [0.15, 0.2) is 0 Å². The molecular formula is C33H65N2O6P. The van der Waals surface area contributed by atoms with Gasteiger partial charge in [0.05, 0.1) is 39.9 Å². The van der Waals surface area contributed by atoms with Gasteiger partial charge in [-0.3, -0.25) is 9.36 Å². The highest BCUT2D eigenvalue weighted by atomic mass is 31.2. The van der Waals surface area contributed by atoms with Crippen LogP contribution in [0.4, 0.5) is 0 Å². The average molecular weight is 617 g/mol. The summed E-state index contributed by atoms with van der Waals surface area (Å²) in [5, 5.41) is 13.5. The molecule has 0 aliphatic heterocycles. The van der Waals surface area contributed by atoms with Gasteiger partial charge in [0.25, 0.3) is 7.82 Å². The highest BCUT2D eigenvalue weighted by Gasteiger charge is 2.23. The van der Waals surface area contributed by atoms with E-state index in [2.05, 4.69) is 25.2 Å². The lowest BCUT2D eigenvalue weighted by Gasteiger charge is -2.29. The first-order valence-electron chi connectivity index (χ1n) is 16.7. The zero-order valence-corrected chi connectivity index (χ0v) is 28.6. The molecule has 9 heteroatoms. The number of aliphatic hydroxyl groups excluding tert-OH is 1. The molecule has 0 aromatic carbocycles. The first kappa shape index (κ1) is 41.0. The number of rotatable bonds is 29. The van der Waals surface area contributed by atoms with Crippen LogP contribution in [0.2, 0.25) is 0 Å². The van der Waals surface area contributed by atoms with E-state index in [1.165, 1.54) is 77.0 Å². The van der Waals surface area contributed by atoms with E-state index in [4.69, 9.17) is 9.05 Å². The lowest BCUT2D eigenvalue weighted by Crippen LogP contribution is -2.45. The second kappa shape index (κ2) is 26.4. The standard InChI is InChI=1S/C33H65N2O6P/c1-6-8-10-12-14-16-17-19-21-23-25-27-33(37)34-31(30-41-42(38,39)40-29-28-35(3,4)5)32(36)26-24-22-20-18-15-13-11-9-7-2/h20,22,24,26,31-32,36H,6-19,21,23,25,27-30H2,1-5H3,(H-,34,37,38,39)/b22-20+,26-24+/t31-,32+/m0/s1. The number of hydrogen-bond donors (Lipinski definition) is 2. The summed E-state index contributed by atoms with van der Waals surface area (Å²) < 4.78 is 22.9. The highest BCUT2D eigenvalue weighted by molar-refractivity contribution is 7.45. The van der Waals surface area contributed by atoms with Crippen LogP contribution in [0, 0.1) is 0 Å². The molecule has 0 bridgehead atoms. The molecule has 0 aromatic rings. The van der Waals surface area contributed by atoms with Crippen molar-refractivity contribution in [1.29, 1.82) is 0 Å². The SMILES string of the molecule is CCCCCCC/C=C/C=C/[C@@H](O)[C@H](COP(=O)([O-])OCC[N+](C)(C)C)NC(=O)CCCCCCCCCCCCC. The van der Waals surface area contributed by atoms with E-state index in [1.54, 1.807) is 12.2 Å². The largest absolute Gasteiger partial charge is 0.756 e. The molecule has 0 aliphatic carbocycles. The summed E-state index contributed by atoms with van der Waals surface area (Å²) in [6.07, 6.45) is 26.7. The van der Waals surface area contributed by atoms with Crippen molar-refractivity contribution in [2.75, 3.05) is 40.9 Å². The molecule has 0 spiro atoms. The third-order valence-electron chi connectivity index (χ3n) is 7.22. The van der Waals surface area contributed by atoms with E-state index in [9.17, 15) is 19.4 Å². The summed E-state index contributed by atoms with van der Waals surface area (Å²) in [6, 6.07) is -0.909. The zero-order chi connectivity index (χ0) is 31.5. The van der Waals surface area contributed by atoms with Gasteiger partial charge in [-0.15, -0.1) is 0 Å². The van der Waals surface area contributed by atoms with Crippen LogP contribution in [-0.2, 0) is 18.4 Å². The first-order chi connectivity index (χ1) is 20.0. The fourth-order valence-corrected chi connectivity index (χ4v) is 5.17. The molecule has 1 amide bonds. The van der Waals surface area contributed by atoms with E-state index in [0.717, 1.165) is 32.1 Å². The molecule has 42 heavy (non-hydrogen) atoms. The Morgan fingerprint density at radius 3 is 1.90 bits per heavy atom. The predicted molar refractivity (Wildman–Crippen MR) is 173 cm³/mol. The van der Waals surface area contributed by atoms with Crippen LogP contribution in [0.5, 0.6) is 0 Å². The number of amides is 1. The Kier molecular flexibility index (Phi) is 25.7. The van der Waals surface area contributed by atoms with Gasteiger partial charge in [-0.2, -0.15) is 0 Å². The lowest BCUT2D eigenvalue weighted by atomic mass is 10.0. The van der Waals surface area contributed by atoms with Crippen LogP contribution in [-0.4, -0.2) is 68.5 Å². The number of aliphatic hydroxyl groups is 1. The number of nitrogens with one attached hydrogen (secondary N) is 1. The van der Waals surface area contributed by atoms with Crippen molar-refractivity contribution in [2.24, 2.45) is 0 Å². The van der Waals surface area contributed by atoms with Crippen molar-refractivity contribution >= 4 is 13.7 Å². The topological polar surface area (TPSA) is 108 Å². The molecular weight excluding hydrogens is 551 g/mol. The Labute approximate surface area is 258 Å². The molecule has 0 fully saturated rings. The summed E-state index contributed by atoms with van der Waals surface area (Å²) in [7, 11) is 1.23. The Morgan fingerprint density at radius 1 is 0.833 bits per heavy atom. The van der Waals surface area contributed by atoms with E-state index in [0.29, 0.717) is 17.4 Å². The maximum Gasteiger partial charge on any atom is 0.268 e. The molecule has 0 radical (unpaired) electrons. The maximum atomic E-state index is 12.7. The number of hydrogen-bond acceptors (Lipinski definition) is 6. The number of phosphoric ester groups is 1. The number of nitrogens with zero attached hydrogens (tertiary/aromatic N) is 1. The summed E-state index contributed by atoms with van der Waals surface area (Å²) in [4.78, 5) is 24.9. The number of phosphoric acid groups is 1. The van der Waals surface area contributed by atoms with E-state index in [1.807, 2.05) is 27.2 Å². The number of carbonyl (C=O) groups excluding carboxylic acids is 1. The zero-order valence-electron chi connectivity index (χ0n) is 27.7. The Hall–Kier alpha value is -1.02. The van der Waals surface area contributed by atoms with Crippen LogP contribution in [0.25, 0.3) is 0 Å². The molecule has 8 nitrogen and oxygen atoms in total. The second-order valence-corrected chi connectivity index (χ2v) is 14.0. The lowest BCUT2D eigenvalue weighted by molar-refractivity contribution is -0.870. The molecule has 0 heterocycles. The number of unbranched alkanes of at least 4 members (excludes halogenated alkanes) is 15. The normalized spacial score (nSPS) is 15.3. The number of carbonyl (C=O) groups is 1. The van der Waals surface area contributed by atoms with Crippen LogP contribution in [0.15, 0.2) is 24.3 Å². The molecule has 2 N–H and O–H groups in total. The van der Waals surface area contributed by atoms with Gasteiger partial charge in [0.1, 0.15) is 13.2 Å². The molecule has 1 unspecified atom stereocenters. The van der Waals surface area contributed by atoms with Gasteiger partial charge >= 0.3 is 0 Å². The van der Waals surface area contributed by atoms with E-state index >= 15 is 0 Å². The maximum absolute atomic E-state index is 12.7. The van der Waals surface area contributed by atoms with Gasteiger partial charge in [-0.05, 0) is 19.3 Å². The summed E-state index contributed by atoms with van der Waals surface area (Å²) >= 11 is 0.